The molecule has 3 nitrogen and oxygen atoms in total. The van der Waals surface area contributed by atoms with Gasteiger partial charge in [0, 0.05) is 16.3 Å². The molecule has 0 amide bonds. The Morgan fingerprint density at radius 1 is 0.558 bits per heavy atom. The van der Waals surface area contributed by atoms with Crippen LogP contribution < -0.4 is 0 Å². The summed E-state index contributed by atoms with van der Waals surface area (Å²) in [5, 5.41) is 11.1. The minimum atomic E-state index is -0.480. The molecule has 0 radical (unpaired) electrons. The van der Waals surface area contributed by atoms with Crippen molar-refractivity contribution >= 4 is 33.5 Å². The number of amidine groups is 1. The van der Waals surface area contributed by atoms with E-state index in [0.717, 1.165) is 22.4 Å². The molecule has 0 unspecified atom stereocenters. The van der Waals surface area contributed by atoms with Gasteiger partial charge in [-0.15, -0.1) is 0 Å². The molecular formula is C40H29N3. The van der Waals surface area contributed by atoms with Crippen LogP contribution >= 0.6 is 0 Å². The highest BCUT2D eigenvalue weighted by Crippen LogP contribution is 2.57. The fourth-order valence-corrected chi connectivity index (χ4v) is 7.12. The number of para-hydroxylation sites is 1. The first-order valence-corrected chi connectivity index (χ1v) is 14.7. The second kappa shape index (κ2) is 9.78. The van der Waals surface area contributed by atoms with E-state index in [1.54, 1.807) is 0 Å². The van der Waals surface area contributed by atoms with Crippen LogP contribution in [0.2, 0.25) is 0 Å². The summed E-state index contributed by atoms with van der Waals surface area (Å²) in [4.78, 5) is 4.84. The standard InChI is InChI=1S/C40H29N3/c1-27(42-39(41)28-15-5-2-6-16-28)43-37-24-14-12-22-32(37)34-25-33-31-21-11-13-23-35(31)40(36(33)26-38(34)43,29-17-7-3-8-18-29)30-19-9-4-10-20-30/h2-26,41H,1H3. The molecule has 43 heavy (non-hydrogen) atoms. The van der Waals surface area contributed by atoms with Crippen molar-refractivity contribution in [3.05, 3.63) is 179 Å². The highest BCUT2D eigenvalue weighted by molar-refractivity contribution is 6.17. The van der Waals surface area contributed by atoms with Gasteiger partial charge < -0.3 is 0 Å². The molecule has 0 bridgehead atoms. The van der Waals surface area contributed by atoms with E-state index in [4.69, 9.17) is 10.4 Å². The average Bonchev–Trinajstić information content (AvgIpc) is 3.55. The molecule has 0 aliphatic heterocycles. The lowest BCUT2D eigenvalue weighted by Gasteiger charge is -2.34. The van der Waals surface area contributed by atoms with E-state index in [1.165, 1.54) is 44.2 Å². The first-order chi connectivity index (χ1) is 21.2. The smallest absolute Gasteiger partial charge is 0.153 e. The van der Waals surface area contributed by atoms with Gasteiger partial charge in [0.2, 0.25) is 0 Å². The van der Waals surface area contributed by atoms with Crippen LogP contribution in [0.5, 0.6) is 0 Å². The number of hydrogen-bond acceptors (Lipinski definition) is 1. The molecule has 0 saturated heterocycles. The molecule has 1 aromatic heterocycles. The van der Waals surface area contributed by atoms with Crippen LogP contribution in [0.25, 0.3) is 32.9 Å². The Hall–Kier alpha value is -5.54. The largest absolute Gasteiger partial charge is 0.297 e. The lowest BCUT2D eigenvalue weighted by Crippen LogP contribution is -2.28. The first kappa shape index (κ1) is 25.2. The fraction of sp³-hybridized carbons (Fsp3) is 0.0500. The number of hydrogen-bond donors (Lipinski definition) is 1. The topological polar surface area (TPSA) is 41.1 Å². The predicted molar refractivity (Wildman–Crippen MR) is 179 cm³/mol. The van der Waals surface area contributed by atoms with Gasteiger partial charge in [0.05, 0.1) is 16.4 Å². The average molecular weight is 552 g/mol. The second-order valence-electron chi connectivity index (χ2n) is 11.2. The molecule has 0 spiro atoms. The van der Waals surface area contributed by atoms with Gasteiger partial charge >= 0.3 is 0 Å². The Bertz CT molecular complexity index is 2150. The van der Waals surface area contributed by atoms with Crippen LogP contribution in [0.1, 0.15) is 34.7 Å². The Labute approximate surface area is 250 Å². The molecule has 1 heterocycles. The number of nitrogens with one attached hydrogen (secondary N) is 1. The minimum absolute atomic E-state index is 0.250. The maximum atomic E-state index is 8.78. The second-order valence-corrected chi connectivity index (χ2v) is 11.2. The van der Waals surface area contributed by atoms with Crippen molar-refractivity contribution in [3.8, 4) is 11.1 Å². The minimum Gasteiger partial charge on any atom is -0.297 e. The van der Waals surface area contributed by atoms with E-state index in [2.05, 4.69) is 126 Å². The number of rotatable bonds is 3. The lowest BCUT2D eigenvalue weighted by molar-refractivity contribution is 0.769. The van der Waals surface area contributed by atoms with Gasteiger partial charge in [-0.25, -0.2) is 4.99 Å². The van der Waals surface area contributed by atoms with Crippen LogP contribution in [0.4, 0.5) is 0 Å². The molecular weight excluding hydrogens is 522 g/mol. The van der Waals surface area contributed by atoms with Crippen LogP contribution in [-0.4, -0.2) is 16.2 Å². The highest BCUT2D eigenvalue weighted by atomic mass is 15.1. The third-order valence-electron chi connectivity index (χ3n) is 8.90. The van der Waals surface area contributed by atoms with E-state index < -0.39 is 5.41 Å². The monoisotopic (exact) mass is 551 g/mol. The zero-order valence-electron chi connectivity index (χ0n) is 23.8. The van der Waals surface area contributed by atoms with E-state index in [0.29, 0.717) is 0 Å². The highest BCUT2D eigenvalue weighted by Gasteiger charge is 2.46. The van der Waals surface area contributed by atoms with Crippen molar-refractivity contribution in [1.82, 2.24) is 4.57 Å². The third-order valence-corrected chi connectivity index (χ3v) is 8.90. The van der Waals surface area contributed by atoms with Gasteiger partial charge in [-0.2, -0.15) is 0 Å². The molecule has 1 aliphatic rings. The summed E-state index contributed by atoms with van der Waals surface area (Å²) in [6, 6.07) is 53.6. The van der Waals surface area contributed by atoms with Gasteiger partial charge in [0.25, 0.3) is 0 Å². The normalized spacial score (nSPS) is 13.7. The Morgan fingerprint density at radius 3 is 1.84 bits per heavy atom. The summed E-state index contributed by atoms with van der Waals surface area (Å²) in [6.07, 6.45) is 0. The van der Waals surface area contributed by atoms with E-state index >= 15 is 0 Å². The van der Waals surface area contributed by atoms with Gasteiger partial charge in [0.15, 0.2) is 5.84 Å². The molecule has 6 aromatic carbocycles. The van der Waals surface area contributed by atoms with Gasteiger partial charge in [-0.1, -0.05) is 133 Å². The lowest BCUT2D eigenvalue weighted by atomic mass is 9.67. The number of nitrogens with zero attached hydrogens (tertiary/aromatic N) is 2. The van der Waals surface area contributed by atoms with Crippen molar-refractivity contribution in [2.75, 3.05) is 0 Å². The number of aliphatic imine (C=N–C) groups is 1. The summed E-state index contributed by atoms with van der Waals surface area (Å²) in [5.41, 5.74) is 10.0. The van der Waals surface area contributed by atoms with Crippen LogP contribution in [0.15, 0.2) is 157 Å². The molecule has 1 aliphatic carbocycles. The summed E-state index contributed by atoms with van der Waals surface area (Å²) in [6.45, 7) is 2.01. The summed E-state index contributed by atoms with van der Waals surface area (Å²) in [5.74, 6) is 1.01. The SMILES string of the molecule is CC(=NC(=N)c1ccccc1)n1c2ccccc2c2cc3c(cc21)C(c1ccccc1)(c1ccccc1)c1ccccc1-3. The van der Waals surface area contributed by atoms with Gasteiger partial charge in [0.1, 0.15) is 5.84 Å². The van der Waals surface area contributed by atoms with Crippen LogP contribution in [0, 0.1) is 5.41 Å². The van der Waals surface area contributed by atoms with Crippen LogP contribution in [-0.2, 0) is 5.41 Å². The van der Waals surface area contributed by atoms with E-state index in [-0.39, 0.29) is 5.84 Å². The summed E-state index contributed by atoms with van der Waals surface area (Å²) >= 11 is 0. The number of benzene rings is 6. The van der Waals surface area contributed by atoms with Gasteiger partial charge in [-0.3, -0.25) is 9.98 Å². The molecule has 8 rings (SSSR count). The quantitative estimate of drug-likeness (QED) is 0.168. The Balaban J connectivity index is 1.48. The number of fused-ring (bicyclic) bond motifs is 6. The maximum absolute atomic E-state index is 8.78. The first-order valence-electron chi connectivity index (χ1n) is 14.7. The molecule has 0 fully saturated rings. The zero-order chi connectivity index (χ0) is 29.0. The van der Waals surface area contributed by atoms with Crippen molar-refractivity contribution < 1.29 is 0 Å². The van der Waals surface area contributed by atoms with Crippen molar-refractivity contribution in [2.45, 2.75) is 12.3 Å². The van der Waals surface area contributed by atoms with Gasteiger partial charge in [-0.05, 0) is 58.5 Å². The third kappa shape index (κ3) is 3.68. The molecule has 0 saturated carbocycles. The summed E-state index contributed by atoms with van der Waals surface area (Å²) < 4.78 is 2.23. The molecule has 7 aromatic rings. The zero-order valence-corrected chi connectivity index (χ0v) is 23.8. The van der Waals surface area contributed by atoms with Crippen molar-refractivity contribution in [3.63, 3.8) is 0 Å². The predicted octanol–water partition coefficient (Wildman–Crippen LogP) is 9.45. The van der Waals surface area contributed by atoms with E-state index in [9.17, 15) is 0 Å². The molecule has 204 valence electrons. The molecule has 0 atom stereocenters. The fourth-order valence-electron chi connectivity index (χ4n) is 7.12. The van der Waals surface area contributed by atoms with Crippen molar-refractivity contribution in [1.29, 1.82) is 5.41 Å². The summed E-state index contributed by atoms with van der Waals surface area (Å²) in [7, 11) is 0. The van der Waals surface area contributed by atoms with Crippen LogP contribution in [0.3, 0.4) is 0 Å². The maximum Gasteiger partial charge on any atom is 0.153 e. The molecule has 3 heteroatoms. The van der Waals surface area contributed by atoms with E-state index in [1.807, 2.05) is 37.3 Å². The Morgan fingerprint density at radius 2 is 1.14 bits per heavy atom. The Kier molecular flexibility index (Phi) is 5.73. The van der Waals surface area contributed by atoms with Crippen molar-refractivity contribution in [2.24, 2.45) is 4.99 Å². The number of aromatic nitrogens is 1. The molecule has 1 N–H and O–H groups in total.